The summed E-state index contributed by atoms with van der Waals surface area (Å²) in [6.45, 7) is 6.32. The van der Waals surface area contributed by atoms with Crippen LogP contribution in [0.2, 0.25) is 10.0 Å². The highest BCUT2D eigenvalue weighted by molar-refractivity contribution is 6.43. The van der Waals surface area contributed by atoms with Crippen LogP contribution < -0.4 is 5.73 Å². The third-order valence-corrected chi connectivity index (χ3v) is 7.93. The highest BCUT2D eigenvalue weighted by Crippen LogP contribution is 2.51. The molecule has 6 atom stereocenters. The zero-order valence-corrected chi connectivity index (χ0v) is 19.5. The van der Waals surface area contributed by atoms with E-state index >= 15 is 0 Å². The number of nitrogens with zero attached hydrogens (tertiary/aromatic N) is 1. The maximum Gasteiger partial charge on any atom is 0.309 e. The molecule has 1 aliphatic carbocycles. The van der Waals surface area contributed by atoms with Crippen molar-refractivity contribution < 1.29 is 9.53 Å². The smallest absolute Gasteiger partial charge is 0.309 e. The van der Waals surface area contributed by atoms with Crippen LogP contribution in [0.25, 0.3) is 17.2 Å². The van der Waals surface area contributed by atoms with Crippen LogP contribution in [0, 0.1) is 23.7 Å². The van der Waals surface area contributed by atoms with Crippen molar-refractivity contribution in [1.29, 1.82) is 0 Å². The minimum atomic E-state index is -0.626. The minimum absolute atomic E-state index is 0.0260. The molecule has 2 fully saturated rings. The molecule has 1 aromatic carbocycles. The maximum absolute atomic E-state index is 12.4. The molecule has 6 heteroatoms. The molecule has 2 aromatic rings. The number of cyclic esters (lactones) is 1. The van der Waals surface area contributed by atoms with Crippen LogP contribution in [0.5, 0.6) is 0 Å². The number of esters is 1. The lowest BCUT2D eigenvalue weighted by molar-refractivity contribution is -0.144. The molecule has 1 saturated heterocycles. The maximum atomic E-state index is 12.4. The van der Waals surface area contributed by atoms with E-state index in [1.165, 1.54) is 0 Å². The molecule has 2 heterocycles. The number of hydrogen-bond acceptors (Lipinski definition) is 4. The van der Waals surface area contributed by atoms with Crippen molar-refractivity contribution in [2.75, 3.05) is 0 Å². The quantitative estimate of drug-likeness (QED) is 0.569. The number of carbonyl (C=O) groups excluding carboxylic acids is 1. The number of rotatable bonds is 4. The van der Waals surface area contributed by atoms with Gasteiger partial charge in [0.15, 0.2) is 0 Å². The molecule has 1 saturated carbocycles. The fourth-order valence-electron chi connectivity index (χ4n) is 5.73. The Labute approximate surface area is 193 Å². The van der Waals surface area contributed by atoms with Crippen molar-refractivity contribution in [2.24, 2.45) is 29.4 Å². The molecule has 0 radical (unpaired) electrons. The van der Waals surface area contributed by atoms with Gasteiger partial charge in [0, 0.05) is 28.8 Å². The molecule has 4 rings (SSSR count). The van der Waals surface area contributed by atoms with E-state index in [1.54, 1.807) is 12.3 Å². The van der Waals surface area contributed by atoms with E-state index in [0.717, 1.165) is 29.7 Å². The van der Waals surface area contributed by atoms with Crippen molar-refractivity contribution in [3.8, 4) is 11.1 Å². The average Bonchev–Trinajstić information content (AvgIpc) is 3.03. The van der Waals surface area contributed by atoms with Gasteiger partial charge >= 0.3 is 5.97 Å². The van der Waals surface area contributed by atoms with Crippen LogP contribution >= 0.6 is 23.2 Å². The van der Waals surface area contributed by atoms with Crippen molar-refractivity contribution in [3.63, 3.8) is 0 Å². The van der Waals surface area contributed by atoms with Gasteiger partial charge in [-0.15, -0.1) is 0 Å². The van der Waals surface area contributed by atoms with Gasteiger partial charge in [-0.05, 0) is 43.4 Å². The van der Waals surface area contributed by atoms with Crippen molar-refractivity contribution in [3.05, 3.63) is 58.3 Å². The molecule has 164 valence electrons. The van der Waals surface area contributed by atoms with Gasteiger partial charge in [-0.3, -0.25) is 9.78 Å². The SMILES string of the molecule is CCC1C(C)CC2C(=O)OC(C)C2C1(N)/C=C/c1ccc(-c2cccc(Cl)c2Cl)cn1. The molecular formula is C25H28Cl2N2O2. The van der Waals surface area contributed by atoms with E-state index < -0.39 is 5.54 Å². The standard InChI is InChI=1S/C25H28Cl2N2O2/c1-4-20-14(2)12-19-22(15(3)31-24(19)30)25(20,28)11-10-17-9-8-16(13-29-17)18-6-5-7-21(26)23(18)27/h5-11,13-15,19-20,22H,4,12,28H2,1-3H3/b11-10+. The van der Waals surface area contributed by atoms with Crippen molar-refractivity contribution in [2.45, 2.75) is 45.3 Å². The van der Waals surface area contributed by atoms with Gasteiger partial charge in [-0.1, -0.05) is 67.7 Å². The first kappa shape index (κ1) is 22.3. The molecule has 1 aromatic heterocycles. The second-order valence-electron chi connectivity index (χ2n) is 8.91. The Balaban J connectivity index is 1.64. The molecule has 0 bridgehead atoms. The third-order valence-electron chi connectivity index (χ3n) is 7.11. The summed E-state index contributed by atoms with van der Waals surface area (Å²) in [5, 5.41) is 1.03. The average molecular weight is 459 g/mol. The predicted octanol–water partition coefficient (Wildman–Crippen LogP) is 6.01. The summed E-state index contributed by atoms with van der Waals surface area (Å²) in [7, 11) is 0. The highest BCUT2D eigenvalue weighted by atomic mass is 35.5. The van der Waals surface area contributed by atoms with Crippen LogP contribution in [0.4, 0.5) is 0 Å². The zero-order chi connectivity index (χ0) is 22.3. The topological polar surface area (TPSA) is 65.2 Å². The summed E-state index contributed by atoms with van der Waals surface area (Å²) in [5.41, 5.74) is 8.98. The number of benzene rings is 1. The molecular weight excluding hydrogens is 431 g/mol. The van der Waals surface area contributed by atoms with Gasteiger partial charge < -0.3 is 10.5 Å². The summed E-state index contributed by atoms with van der Waals surface area (Å²) in [5.74, 6) is 0.346. The Morgan fingerprint density at radius 3 is 2.71 bits per heavy atom. The molecule has 2 N–H and O–H groups in total. The number of hydrogen-bond donors (Lipinski definition) is 1. The van der Waals surface area contributed by atoms with Crippen LogP contribution in [0.3, 0.4) is 0 Å². The Hall–Kier alpha value is -1.88. The van der Waals surface area contributed by atoms with Gasteiger partial charge in [0.2, 0.25) is 0 Å². The van der Waals surface area contributed by atoms with E-state index in [4.69, 9.17) is 33.7 Å². The second kappa shape index (κ2) is 8.57. The van der Waals surface area contributed by atoms with E-state index in [0.29, 0.717) is 16.0 Å². The molecule has 1 aliphatic heterocycles. The van der Waals surface area contributed by atoms with E-state index in [2.05, 4.69) is 24.9 Å². The number of carbonyl (C=O) groups is 1. The molecule has 4 nitrogen and oxygen atoms in total. The summed E-state index contributed by atoms with van der Waals surface area (Å²) >= 11 is 12.5. The summed E-state index contributed by atoms with van der Waals surface area (Å²) in [6, 6.07) is 9.47. The van der Waals surface area contributed by atoms with Crippen LogP contribution in [-0.2, 0) is 9.53 Å². The first-order valence-electron chi connectivity index (χ1n) is 10.8. The summed E-state index contributed by atoms with van der Waals surface area (Å²) < 4.78 is 5.59. The lowest BCUT2D eigenvalue weighted by atomic mass is 9.56. The number of aromatic nitrogens is 1. The molecule has 6 unspecified atom stereocenters. The van der Waals surface area contributed by atoms with E-state index in [1.807, 2.05) is 37.3 Å². The Morgan fingerprint density at radius 2 is 2.03 bits per heavy atom. The lowest BCUT2D eigenvalue weighted by Gasteiger charge is -2.49. The molecule has 0 spiro atoms. The fourth-order valence-corrected chi connectivity index (χ4v) is 6.14. The number of halogens is 2. The summed E-state index contributed by atoms with van der Waals surface area (Å²) in [4.78, 5) is 17.0. The highest BCUT2D eigenvalue weighted by Gasteiger charge is 2.58. The molecule has 2 aliphatic rings. The van der Waals surface area contributed by atoms with Gasteiger partial charge in [-0.2, -0.15) is 0 Å². The Morgan fingerprint density at radius 1 is 1.26 bits per heavy atom. The van der Waals surface area contributed by atoms with Gasteiger partial charge in [0.05, 0.1) is 21.7 Å². The second-order valence-corrected chi connectivity index (χ2v) is 9.69. The fraction of sp³-hybridized carbons (Fsp3) is 0.440. The van der Waals surface area contributed by atoms with Crippen molar-refractivity contribution in [1.82, 2.24) is 4.98 Å². The van der Waals surface area contributed by atoms with Crippen LogP contribution in [-0.4, -0.2) is 22.6 Å². The number of nitrogens with two attached hydrogens (primary N) is 1. The van der Waals surface area contributed by atoms with Gasteiger partial charge in [0.25, 0.3) is 0 Å². The Kier molecular flexibility index (Phi) is 6.17. The van der Waals surface area contributed by atoms with Crippen molar-refractivity contribution >= 4 is 35.2 Å². The normalized spacial score (nSPS) is 32.8. The molecule has 31 heavy (non-hydrogen) atoms. The first-order valence-corrected chi connectivity index (χ1v) is 11.6. The Bertz CT molecular complexity index is 1010. The number of ether oxygens (including phenoxy) is 1. The largest absolute Gasteiger partial charge is 0.462 e. The first-order chi connectivity index (χ1) is 14.8. The molecule has 0 amide bonds. The minimum Gasteiger partial charge on any atom is -0.462 e. The third kappa shape index (κ3) is 3.90. The van der Waals surface area contributed by atoms with Crippen LogP contribution in [0.15, 0.2) is 42.6 Å². The monoisotopic (exact) mass is 458 g/mol. The summed E-state index contributed by atoms with van der Waals surface area (Å²) in [6.07, 6.45) is 7.42. The lowest BCUT2D eigenvalue weighted by Crippen LogP contribution is -2.60. The number of fused-ring (bicyclic) bond motifs is 1. The van der Waals surface area contributed by atoms with Crippen LogP contribution in [0.1, 0.15) is 39.3 Å². The zero-order valence-electron chi connectivity index (χ0n) is 18.0. The van der Waals surface area contributed by atoms with E-state index in [9.17, 15) is 4.79 Å². The predicted molar refractivity (Wildman–Crippen MR) is 126 cm³/mol. The van der Waals surface area contributed by atoms with Gasteiger partial charge in [0.1, 0.15) is 6.10 Å². The number of pyridine rings is 1. The van der Waals surface area contributed by atoms with Gasteiger partial charge in [-0.25, -0.2) is 0 Å². The van der Waals surface area contributed by atoms with E-state index in [-0.39, 0.29) is 29.8 Å².